The molecule has 1 aromatic carbocycles. The van der Waals surface area contributed by atoms with E-state index in [0.29, 0.717) is 18.2 Å². The number of aryl methyl sites for hydroxylation is 2. The Kier molecular flexibility index (Phi) is 3.56. The van der Waals surface area contributed by atoms with Crippen LogP contribution in [0.5, 0.6) is 17.4 Å². The maximum absolute atomic E-state index is 5.90. The summed E-state index contributed by atoms with van der Waals surface area (Å²) in [7, 11) is 1.64. The van der Waals surface area contributed by atoms with E-state index in [2.05, 4.69) is 11.1 Å². The summed E-state index contributed by atoms with van der Waals surface area (Å²) < 4.78 is 11.1. The molecule has 0 saturated heterocycles. The quantitative estimate of drug-likeness (QED) is 0.928. The Morgan fingerprint density at radius 1 is 1.20 bits per heavy atom. The molecule has 0 saturated carbocycles. The van der Waals surface area contributed by atoms with E-state index < -0.39 is 0 Å². The Bertz CT molecular complexity index is 626. The van der Waals surface area contributed by atoms with Crippen molar-refractivity contribution in [3.63, 3.8) is 0 Å². The standard InChI is InChI=1S/C16H18N2O2/c1-19-13-5-3-6-14(9-13)20-16-12(10-17)8-11-4-2-7-15(11)18-16/h3,5-6,8-9H,2,4,7,10,17H2,1H3. The fourth-order valence-corrected chi connectivity index (χ4v) is 2.51. The number of hydrogen-bond acceptors (Lipinski definition) is 4. The minimum absolute atomic E-state index is 0.430. The molecule has 2 N–H and O–H groups in total. The lowest BCUT2D eigenvalue weighted by molar-refractivity contribution is 0.406. The zero-order chi connectivity index (χ0) is 13.9. The summed E-state index contributed by atoms with van der Waals surface area (Å²) in [5.41, 5.74) is 9.21. The molecule has 1 aromatic heterocycles. The minimum Gasteiger partial charge on any atom is -0.497 e. The molecule has 0 spiro atoms. The predicted molar refractivity (Wildman–Crippen MR) is 77.2 cm³/mol. The zero-order valence-corrected chi connectivity index (χ0v) is 11.6. The van der Waals surface area contributed by atoms with Gasteiger partial charge in [-0.1, -0.05) is 6.07 Å². The Labute approximate surface area is 118 Å². The summed E-state index contributed by atoms with van der Waals surface area (Å²) in [6.07, 6.45) is 3.28. The van der Waals surface area contributed by atoms with E-state index in [0.717, 1.165) is 36.3 Å². The highest BCUT2D eigenvalue weighted by Gasteiger charge is 2.17. The first-order valence-electron chi connectivity index (χ1n) is 6.84. The molecule has 0 unspecified atom stereocenters. The second kappa shape index (κ2) is 5.51. The summed E-state index contributed by atoms with van der Waals surface area (Å²) in [5, 5.41) is 0. The normalized spacial score (nSPS) is 13.1. The zero-order valence-electron chi connectivity index (χ0n) is 11.6. The van der Waals surface area contributed by atoms with Crippen molar-refractivity contribution >= 4 is 0 Å². The minimum atomic E-state index is 0.430. The van der Waals surface area contributed by atoms with Gasteiger partial charge in [0.2, 0.25) is 5.88 Å². The van der Waals surface area contributed by atoms with E-state index in [1.54, 1.807) is 7.11 Å². The van der Waals surface area contributed by atoms with Crippen LogP contribution in [0.4, 0.5) is 0 Å². The Hall–Kier alpha value is -2.07. The van der Waals surface area contributed by atoms with Crippen LogP contribution in [0.1, 0.15) is 23.2 Å². The number of nitrogens with zero attached hydrogens (tertiary/aromatic N) is 1. The molecule has 4 heteroatoms. The van der Waals surface area contributed by atoms with Crippen LogP contribution in [0.15, 0.2) is 30.3 Å². The molecule has 0 fully saturated rings. The number of ether oxygens (including phenoxy) is 2. The SMILES string of the molecule is COc1cccc(Oc2nc3c(cc2CN)CCC3)c1. The van der Waals surface area contributed by atoms with Gasteiger partial charge in [0, 0.05) is 23.9 Å². The number of rotatable bonds is 4. The average Bonchev–Trinajstić information content (AvgIpc) is 2.93. The van der Waals surface area contributed by atoms with Gasteiger partial charge < -0.3 is 15.2 Å². The molecule has 2 aromatic rings. The molecule has 0 bridgehead atoms. The van der Waals surface area contributed by atoms with Gasteiger partial charge in [0.15, 0.2) is 0 Å². The summed E-state index contributed by atoms with van der Waals surface area (Å²) in [6.45, 7) is 0.430. The third kappa shape index (κ3) is 2.47. The number of nitrogens with two attached hydrogens (primary N) is 1. The average molecular weight is 270 g/mol. The second-order valence-corrected chi connectivity index (χ2v) is 4.90. The fraction of sp³-hybridized carbons (Fsp3) is 0.312. The molecule has 1 aliphatic rings. The van der Waals surface area contributed by atoms with Crippen LogP contribution in [0, 0.1) is 0 Å². The first kappa shape index (κ1) is 12.9. The lowest BCUT2D eigenvalue weighted by atomic mass is 10.1. The Balaban J connectivity index is 1.93. The molecule has 1 aliphatic carbocycles. The van der Waals surface area contributed by atoms with Crippen LogP contribution in [-0.2, 0) is 19.4 Å². The monoisotopic (exact) mass is 270 g/mol. The smallest absolute Gasteiger partial charge is 0.223 e. The molecule has 20 heavy (non-hydrogen) atoms. The van der Waals surface area contributed by atoms with Crippen molar-refractivity contribution in [3.8, 4) is 17.4 Å². The van der Waals surface area contributed by atoms with E-state index in [1.165, 1.54) is 5.56 Å². The van der Waals surface area contributed by atoms with Gasteiger partial charge in [-0.25, -0.2) is 4.98 Å². The summed E-state index contributed by atoms with van der Waals surface area (Å²) >= 11 is 0. The predicted octanol–water partition coefficient (Wildman–Crippen LogP) is 2.83. The molecule has 1 heterocycles. The Morgan fingerprint density at radius 2 is 2.05 bits per heavy atom. The van der Waals surface area contributed by atoms with E-state index in [9.17, 15) is 0 Å². The molecule has 0 atom stereocenters. The molecular formula is C16H18N2O2. The van der Waals surface area contributed by atoms with E-state index in [-0.39, 0.29) is 0 Å². The third-order valence-electron chi connectivity index (χ3n) is 3.57. The number of aromatic nitrogens is 1. The van der Waals surface area contributed by atoms with Gasteiger partial charge in [-0.05, 0) is 43.0 Å². The number of methoxy groups -OCH3 is 1. The molecule has 3 rings (SSSR count). The van der Waals surface area contributed by atoms with Gasteiger partial charge in [0.25, 0.3) is 0 Å². The highest BCUT2D eigenvalue weighted by Crippen LogP contribution is 2.30. The van der Waals surface area contributed by atoms with Crippen molar-refractivity contribution in [1.29, 1.82) is 0 Å². The summed E-state index contributed by atoms with van der Waals surface area (Å²) in [6, 6.07) is 9.63. The number of pyridine rings is 1. The number of benzene rings is 1. The number of fused-ring (bicyclic) bond motifs is 1. The lowest BCUT2D eigenvalue weighted by Gasteiger charge is -2.12. The third-order valence-corrected chi connectivity index (χ3v) is 3.57. The highest BCUT2D eigenvalue weighted by molar-refractivity contribution is 5.41. The van der Waals surface area contributed by atoms with Crippen LogP contribution in [0.2, 0.25) is 0 Å². The molecule has 104 valence electrons. The maximum Gasteiger partial charge on any atom is 0.223 e. The molecule has 0 amide bonds. The summed E-state index contributed by atoms with van der Waals surface area (Å²) in [4.78, 5) is 4.63. The van der Waals surface area contributed by atoms with Crippen molar-refractivity contribution in [1.82, 2.24) is 4.98 Å². The van der Waals surface area contributed by atoms with E-state index >= 15 is 0 Å². The van der Waals surface area contributed by atoms with Gasteiger partial charge in [0.05, 0.1) is 7.11 Å². The largest absolute Gasteiger partial charge is 0.497 e. The van der Waals surface area contributed by atoms with Crippen LogP contribution in [0.25, 0.3) is 0 Å². The van der Waals surface area contributed by atoms with Crippen LogP contribution in [-0.4, -0.2) is 12.1 Å². The Morgan fingerprint density at radius 3 is 2.85 bits per heavy atom. The first-order valence-corrected chi connectivity index (χ1v) is 6.84. The van der Waals surface area contributed by atoms with Crippen molar-refractivity contribution in [2.24, 2.45) is 5.73 Å². The highest BCUT2D eigenvalue weighted by atomic mass is 16.5. The van der Waals surface area contributed by atoms with Crippen molar-refractivity contribution in [2.75, 3.05) is 7.11 Å². The van der Waals surface area contributed by atoms with E-state index in [1.807, 2.05) is 24.3 Å². The maximum atomic E-state index is 5.90. The summed E-state index contributed by atoms with van der Waals surface area (Å²) in [5.74, 6) is 2.09. The van der Waals surface area contributed by atoms with Crippen molar-refractivity contribution < 1.29 is 9.47 Å². The van der Waals surface area contributed by atoms with Crippen LogP contribution < -0.4 is 15.2 Å². The van der Waals surface area contributed by atoms with Crippen molar-refractivity contribution in [2.45, 2.75) is 25.8 Å². The van der Waals surface area contributed by atoms with Gasteiger partial charge >= 0.3 is 0 Å². The van der Waals surface area contributed by atoms with Crippen LogP contribution in [0.3, 0.4) is 0 Å². The lowest BCUT2D eigenvalue weighted by Crippen LogP contribution is -2.04. The fourth-order valence-electron chi connectivity index (χ4n) is 2.51. The van der Waals surface area contributed by atoms with Gasteiger partial charge in [0.1, 0.15) is 11.5 Å². The molecular weight excluding hydrogens is 252 g/mol. The van der Waals surface area contributed by atoms with Crippen LogP contribution >= 0.6 is 0 Å². The molecule has 0 aliphatic heterocycles. The van der Waals surface area contributed by atoms with E-state index in [4.69, 9.17) is 15.2 Å². The van der Waals surface area contributed by atoms with Gasteiger partial charge in [-0.15, -0.1) is 0 Å². The topological polar surface area (TPSA) is 57.4 Å². The first-order chi connectivity index (χ1) is 9.80. The number of hydrogen-bond donors (Lipinski definition) is 1. The van der Waals surface area contributed by atoms with Gasteiger partial charge in [-0.3, -0.25) is 0 Å². The molecule has 4 nitrogen and oxygen atoms in total. The van der Waals surface area contributed by atoms with Gasteiger partial charge in [-0.2, -0.15) is 0 Å². The van der Waals surface area contributed by atoms with Crippen molar-refractivity contribution in [3.05, 3.63) is 47.2 Å². The second-order valence-electron chi connectivity index (χ2n) is 4.90. The molecule has 0 radical (unpaired) electrons.